The third-order valence-corrected chi connectivity index (χ3v) is 2.50. The number of rotatable bonds is 1. The van der Waals surface area contributed by atoms with E-state index in [-0.39, 0.29) is 11.5 Å². The zero-order valence-corrected chi connectivity index (χ0v) is 9.65. The van der Waals surface area contributed by atoms with Gasteiger partial charge in [0.1, 0.15) is 0 Å². The Labute approximate surface area is 78.2 Å². The summed E-state index contributed by atoms with van der Waals surface area (Å²) < 4.78 is 0. The lowest BCUT2D eigenvalue weighted by Gasteiger charge is -2.40. The first-order valence-electron chi connectivity index (χ1n) is 5.33. The Balaban J connectivity index is 0. The van der Waals surface area contributed by atoms with Crippen LogP contribution >= 0.6 is 0 Å². The van der Waals surface area contributed by atoms with Crippen molar-refractivity contribution in [2.75, 3.05) is 0 Å². The maximum atomic E-state index is 9.13. The molecule has 1 heteroatoms. The molecule has 0 radical (unpaired) electrons. The first-order chi connectivity index (χ1) is 5.65. The minimum atomic E-state index is -0.101. The topological polar surface area (TPSA) is 20.2 Å². The van der Waals surface area contributed by atoms with Crippen molar-refractivity contribution < 1.29 is 5.11 Å². The van der Waals surface area contributed by atoms with Crippen molar-refractivity contribution in [1.82, 2.24) is 0 Å². The van der Waals surface area contributed by atoms with Crippen LogP contribution in [0.4, 0.5) is 0 Å². The van der Waals surface area contributed by atoms with Crippen LogP contribution < -0.4 is 0 Å². The van der Waals surface area contributed by atoms with E-state index in [1.165, 1.54) is 19.3 Å². The Kier molecular flexibility index (Phi) is 9.17. The maximum absolute atomic E-state index is 9.13. The Morgan fingerprint density at radius 3 is 1.42 bits per heavy atom. The summed E-state index contributed by atoms with van der Waals surface area (Å²) in [5.41, 5.74) is 0.278. The van der Waals surface area contributed by atoms with E-state index in [1.807, 2.05) is 34.6 Å². The van der Waals surface area contributed by atoms with Crippen molar-refractivity contribution in [3.63, 3.8) is 0 Å². The fourth-order valence-electron chi connectivity index (χ4n) is 1.15. The lowest BCUT2D eigenvalue weighted by molar-refractivity contribution is -0.00739. The molecule has 0 heterocycles. The average molecular weight is 174 g/mol. The van der Waals surface area contributed by atoms with E-state index < -0.39 is 0 Å². The molecule has 0 aromatic rings. The zero-order chi connectivity index (χ0) is 10.2. The Morgan fingerprint density at radius 2 is 1.42 bits per heavy atom. The second kappa shape index (κ2) is 7.60. The lowest BCUT2D eigenvalue weighted by atomic mass is 9.67. The van der Waals surface area contributed by atoms with E-state index in [0.29, 0.717) is 0 Å². The summed E-state index contributed by atoms with van der Waals surface area (Å²) in [6.07, 6.45) is 3.63. The van der Waals surface area contributed by atoms with Crippen LogP contribution in [0.2, 0.25) is 0 Å². The number of aliphatic hydroxyl groups is 1. The van der Waals surface area contributed by atoms with Gasteiger partial charge < -0.3 is 5.11 Å². The monoisotopic (exact) mass is 174 g/mol. The molecule has 0 amide bonds. The first kappa shape index (κ1) is 14.5. The van der Waals surface area contributed by atoms with Gasteiger partial charge in [-0.15, -0.1) is 0 Å². The van der Waals surface area contributed by atoms with Crippen molar-refractivity contribution in [2.24, 2.45) is 5.41 Å². The van der Waals surface area contributed by atoms with Crippen LogP contribution in [0.3, 0.4) is 0 Å². The van der Waals surface area contributed by atoms with Crippen molar-refractivity contribution in [1.29, 1.82) is 0 Å². The van der Waals surface area contributed by atoms with Gasteiger partial charge in [-0.25, -0.2) is 0 Å². The molecule has 0 spiro atoms. The van der Waals surface area contributed by atoms with Gasteiger partial charge in [-0.2, -0.15) is 0 Å². The van der Waals surface area contributed by atoms with E-state index >= 15 is 0 Å². The van der Waals surface area contributed by atoms with Crippen LogP contribution in [-0.4, -0.2) is 11.2 Å². The van der Waals surface area contributed by atoms with Crippen molar-refractivity contribution in [3.05, 3.63) is 0 Å². The number of aliphatic hydroxyl groups excluding tert-OH is 1. The van der Waals surface area contributed by atoms with Crippen LogP contribution in [-0.2, 0) is 0 Å². The standard InChI is InChI=1S/C7H14O.2C2H6/c1-6(8)7(2)4-3-5-7;2*1-2/h6,8H,3-5H2,1-2H3;2*1-2H3. The molecule has 1 fully saturated rings. The van der Waals surface area contributed by atoms with E-state index in [9.17, 15) is 0 Å². The summed E-state index contributed by atoms with van der Waals surface area (Å²) in [5, 5.41) is 9.13. The van der Waals surface area contributed by atoms with E-state index in [4.69, 9.17) is 5.11 Å². The largest absolute Gasteiger partial charge is 0.393 e. The van der Waals surface area contributed by atoms with Gasteiger partial charge in [-0.05, 0) is 25.2 Å². The molecule has 1 N–H and O–H groups in total. The van der Waals surface area contributed by atoms with Gasteiger partial charge in [0.25, 0.3) is 0 Å². The van der Waals surface area contributed by atoms with Crippen LogP contribution in [0.5, 0.6) is 0 Å². The fraction of sp³-hybridized carbons (Fsp3) is 1.00. The smallest absolute Gasteiger partial charge is 0.0565 e. The molecule has 0 aliphatic heterocycles. The normalized spacial score (nSPS) is 20.2. The van der Waals surface area contributed by atoms with Crippen LogP contribution in [0.1, 0.15) is 60.8 Å². The van der Waals surface area contributed by atoms with Gasteiger partial charge >= 0.3 is 0 Å². The molecule has 1 nitrogen and oxygen atoms in total. The predicted octanol–water partition coefficient (Wildman–Crippen LogP) is 3.61. The summed E-state index contributed by atoms with van der Waals surface area (Å²) in [7, 11) is 0. The average Bonchev–Trinajstić information content (AvgIpc) is 2.07. The molecule has 1 unspecified atom stereocenters. The van der Waals surface area contributed by atoms with Gasteiger partial charge in [0.05, 0.1) is 6.10 Å². The van der Waals surface area contributed by atoms with Gasteiger partial charge in [-0.1, -0.05) is 41.0 Å². The lowest BCUT2D eigenvalue weighted by Crippen LogP contribution is -2.36. The quantitative estimate of drug-likeness (QED) is 0.644. The number of hydrogen-bond acceptors (Lipinski definition) is 1. The van der Waals surface area contributed by atoms with Crippen molar-refractivity contribution in [3.8, 4) is 0 Å². The van der Waals surface area contributed by atoms with Crippen LogP contribution in [0.25, 0.3) is 0 Å². The van der Waals surface area contributed by atoms with Crippen LogP contribution in [0.15, 0.2) is 0 Å². The molecular weight excluding hydrogens is 148 g/mol. The molecule has 12 heavy (non-hydrogen) atoms. The van der Waals surface area contributed by atoms with Gasteiger partial charge in [0.15, 0.2) is 0 Å². The Morgan fingerprint density at radius 1 is 1.08 bits per heavy atom. The summed E-state index contributed by atoms with van der Waals surface area (Å²) >= 11 is 0. The first-order valence-corrected chi connectivity index (χ1v) is 5.33. The minimum Gasteiger partial charge on any atom is -0.393 e. The minimum absolute atomic E-state index is 0.101. The van der Waals surface area contributed by atoms with Gasteiger partial charge in [0, 0.05) is 0 Å². The molecule has 1 atom stereocenters. The summed E-state index contributed by atoms with van der Waals surface area (Å²) in [6, 6.07) is 0. The molecule has 1 rings (SSSR count). The van der Waals surface area contributed by atoms with E-state index in [1.54, 1.807) is 0 Å². The number of hydrogen-bond donors (Lipinski definition) is 1. The van der Waals surface area contributed by atoms with Crippen molar-refractivity contribution in [2.45, 2.75) is 66.9 Å². The third kappa shape index (κ3) is 4.10. The molecule has 1 aliphatic rings. The highest BCUT2D eigenvalue weighted by atomic mass is 16.3. The molecule has 76 valence electrons. The molecule has 0 aromatic heterocycles. The summed E-state index contributed by atoms with van der Waals surface area (Å²) in [4.78, 5) is 0. The molecule has 0 saturated heterocycles. The molecule has 1 saturated carbocycles. The molecule has 0 bridgehead atoms. The fourth-order valence-corrected chi connectivity index (χ4v) is 1.15. The van der Waals surface area contributed by atoms with Gasteiger partial charge in [-0.3, -0.25) is 0 Å². The third-order valence-electron chi connectivity index (χ3n) is 2.50. The Hall–Kier alpha value is -0.0400. The molecule has 0 aromatic carbocycles. The highest BCUT2D eigenvalue weighted by Gasteiger charge is 2.35. The summed E-state index contributed by atoms with van der Waals surface area (Å²) in [6.45, 7) is 12.0. The highest BCUT2D eigenvalue weighted by Crippen LogP contribution is 2.42. The zero-order valence-electron chi connectivity index (χ0n) is 9.65. The van der Waals surface area contributed by atoms with Gasteiger partial charge in [0.2, 0.25) is 0 Å². The second-order valence-corrected chi connectivity index (χ2v) is 3.18. The maximum Gasteiger partial charge on any atom is 0.0565 e. The van der Waals surface area contributed by atoms with E-state index in [0.717, 1.165) is 0 Å². The van der Waals surface area contributed by atoms with Crippen molar-refractivity contribution >= 4 is 0 Å². The highest BCUT2D eigenvalue weighted by molar-refractivity contribution is 4.87. The predicted molar refractivity (Wildman–Crippen MR) is 56.3 cm³/mol. The molecular formula is C11H26O. The second-order valence-electron chi connectivity index (χ2n) is 3.18. The Bertz CT molecular complexity index is 83.0. The SMILES string of the molecule is CC.CC.CC(O)C1(C)CCC1. The van der Waals surface area contributed by atoms with E-state index in [2.05, 4.69) is 6.92 Å². The summed E-state index contributed by atoms with van der Waals surface area (Å²) in [5.74, 6) is 0. The molecule has 1 aliphatic carbocycles. The van der Waals surface area contributed by atoms with Crippen LogP contribution in [0, 0.1) is 5.41 Å².